The van der Waals surface area contributed by atoms with Crippen LogP contribution < -0.4 is 4.74 Å². The zero-order valence-corrected chi connectivity index (χ0v) is 26.1. The number of aliphatic hydroxyl groups is 1. The van der Waals surface area contributed by atoms with Crippen LogP contribution in [0.15, 0.2) is 30.6 Å². The van der Waals surface area contributed by atoms with E-state index in [4.69, 9.17) is 21.7 Å². The van der Waals surface area contributed by atoms with Crippen molar-refractivity contribution in [2.45, 2.75) is 85.3 Å². The molecule has 0 spiro atoms. The fourth-order valence-corrected chi connectivity index (χ4v) is 5.20. The highest BCUT2D eigenvalue weighted by Gasteiger charge is 2.22. The van der Waals surface area contributed by atoms with E-state index in [1.807, 2.05) is 24.6 Å². The van der Waals surface area contributed by atoms with Crippen LogP contribution in [0.2, 0.25) is 25.7 Å². The average molecular weight is 577 g/mol. The third kappa shape index (κ3) is 8.64. The van der Waals surface area contributed by atoms with E-state index < -0.39 is 25.5 Å². The van der Waals surface area contributed by atoms with Crippen molar-refractivity contribution < 1.29 is 23.4 Å². The standard InChI is InChI=1S/C30H42F2N2O3SSi/c1-20(2)23-17-34(19-36-12-13-39(5,6)7)29-27(23)26(9-11-33-29)37-28-24(31)15-21(16-25(28)32)14-22(38)8-10-30(3,4)18-35/h9,11,15-17,20,35H,8,10,12-14,18-19H2,1-7H3. The maximum Gasteiger partial charge on any atom is 0.198 e. The first-order valence-electron chi connectivity index (χ1n) is 13.5. The van der Waals surface area contributed by atoms with Crippen LogP contribution in [-0.4, -0.2) is 40.8 Å². The van der Waals surface area contributed by atoms with Gasteiger partial charge in [-0.2, -0.15) is 0 Å². The summed E-state index contributed by atoms with van der Waals surface area (Å²) >= 11 is 5.45. The molecule has 0 atom stereocenters. The number of benzene rings is 1. The summed E-state index contributed by atoms with van der Waals surface area (Å²) in [5.74, 6) is -1.54. The van der Waals surface area contributed by atoms with Gasteiger partial charge < -0.3 is 19.1 Å². The minimum Gasteiger partial charge on any atom is -0.450 e. The summed E-state index contributed by atoms with van der Waals surface area (Å²) in [5, 5.41) is 10.2. The lowest BCUT2D eigenvalue weighted by atomic mass is 9.87. The number of ether oxygens (including phenoxy) is 2. The van der Waals surface area contributed by atoms with Crippen molar-refractivity contribution in [2.75, 3.05) is 13.2 Å². The van der Waals surface area contributed by atoms with Crippen molar-refractivity contribution >= 4 is 36.2 Å². The van der Waals surface area contributed by atoms with Gasteiger partial charge in [-0.05, 0) is 64.4 Å². The third-order valence-corrected chi connectivity index (χ3v) is 8.83. The number of fused-ring (bicyclic) bond motifs is 1. The van der Waals surface area contributed by atoms with E-state index in [-0.39, 0.29) is 24.4 Å². The van der Waals surface area contributed by atoms with E-state index >= 15 is 8.78 Å². The van der Waals surface area contributed by atoms with Crippen molar-refractivity contribution in [3.05, 3.63) is 53.4 Å². The van der Waals surface area contributed by atoms with Crippen molar-refractivity contribution in [1.82, 2.24) is 9.55 Å². The fraction of sp³-hybridized carbons (Fsp3) is 0.533. The number of rotatable bonds is 14. The quantitative estimate of drug-likeness (QED) is 0.119. The molecule has 1 aromatic carbocycles. The number of thiocarbonyl (C=S) groups is 1. The van der Waals surface area contributed by atoms with Crippen molar-refractivity contribution in [3.63, 3.8) is 0 Å². The van der Waals surface area contributed by atoms with Crippen LogP contribution in [-0.2, 0) is 17.9 Å². The Morgan fingerprint density at radius 3 is 2.44 bits per heavy atom. The largest absolute Gasteiger partial charge is 0.450 e. The van der Waals surface area contributed by atoms with Gasteiger partial charge in [0.2, 0.25) is 0 Å². The van der Waals surface area contributed by atoms with Gasteiger partial charge in [-0.1, -0.05) is 59.6 Å². The lowest BCUT2D eigenvalue weighted by Crippen LogP contribution is -2.22. The molecule has 0 aliphatic rings. The average Bonchev–Trinajstić information content (AvgIpc) is 3.22. The van der Waals surface area contributed by atoms with Crippen molar-refractivity contribution in [3.8, 4) is 11.5 Å². The van der Waals surface area contributed by atoms with Gasteiger partial charge in [0, 0.05) is 40.1 Å². The van der Waals surface area contributed by atoms with Gasteiger partial charge in [-0.3, -0.25) is 0 Å². The molecule has 0 unspecified atom stereocenters. The molecule has 9 heteroatoms. The maximum absolute atomic E-state index is 15.2. The van der Waals surface area contributed by atoms with Crippen LogP contribution in [0.3, 0.4) is 0 Å². The second-order valence-electron chi connectivity index (χ2n) is 12.6. The molecule has 0 bridgehead atoms. The summed E-state index contributed by atoms with van der Waals surface area (Å²) in [6.45, 7) is 16.0. The normalized spacial score (nSPS) is 12.5. The summed E-state index contributed by atoms with van der Waals surface area (Å²) < 4.78 is 44.1. The zero-order valence-electron chi connectivity index (χ0n) is 24.2. The molecule has 2 aromatic heterocycles. The lowest BCUT2D eigenvalue weighted by molar-refractivity contribution is 0.0898. The highest BCUT2D eigenvalue weighted by atomic mass is 32.1. The second-order valence-corrected chi connectivity index (χ2v) is 18.8. The molecule has 214 valence electrons. The Balaban J connectivity index is 1.83. The molecule has 5 nitrogen and oxygen atoms in total. The molecule has 0 aliphatic heterocycles. The zero-order chi connectivity index (χ0) is 29.0. The Hall–Kier alpha value is -2.20. The molecule has 2 heterocycles. The highest BCUT2D eigenvalue weighted by Crippen LogP contribution is 2.38. The van der Waals surface area contributed by atoms with E-state index in [0.717, 1.165) is 17.0 Å². The van der Waals surface area contributed by atoms with Gasteiger partial charge >= 0.3 is 0 Å². The molecule has 1 N–H and O–H groups in total. The topological polar surface area (TPSA) is 56.5 Å². The SMILES string of the molecule is CC(C)c1cn(COCC[Si](C)(C)C)c2nccc(Oc3c(F)cc(CC(=S)CCC(C)(C)CO)cc3F)c12. The second kappa shape index (κ2) is 13.0. The van der Waals surface area contributed by atoms with Gasteiger partial charge in [0.25, 0.3) is 0 Å². The van der Waals surface area contributed by atoms with Crippen LogP contribution >= 0.6 is 12.2 Å². The molecule has 0 saturated heterocycles. The fourth-order valence-electron chi connectivity index (χ4n) is 4.17. The number of aromatic nitrogens is 2. The Morgan fingerprint density at radius 2 is 1.85 bits per heavy atom. The number of pyridine rings is 1. The molecule has 0 saturated carbocycles. The predicted molar refractivity (Wildman–Crippen MR) is 161 cm³/mol. The maximum atomic E-state index is 15.2. The van der Waals surface area contributed by atoms with E-state index in [0.29, 0.717) is 48.0 Å². The van der Waals surface area contributed by atoms with E-state index in [1.165, 1.54) is 12.1 Å². The van der Waals surface area contributed by atoms with Crippen molar-refractivity contribution in [1.29, 1.82) is 0 Å². The molecule has 39 heavy (non-hydrogen) atoms. The third-order valence-electron chi connectivity index (χ3n) is 6.78. The first kappa shape index (κ1) is 31.3. The van der Waals surface area contributed by atoms with Gasteiger partial charge in [0.05, 0.1) is 5.39 Å². The van der Waals surface area contributed by atoms with Gasteiger partial charge in [-0.15, -0.1) is 0 Å². The minimum absolute atomic E-state index is 0.0563. The Labute approximate surface area is 237 Å². The number of aliphatic hydroxyl groups excluding tert-OH is 1. The predicted octanol–water partition coefficient (Wildman–Crippen LogP) is 8.25. The van der Waals surface area contributed by atoms with Crippen LogP contribution in [0, 0.1) is 17.0 Å². The number of nitrogens with zero attached hydrogens (tertiary/aromatic N) is 2. The summed E-state index contributed by atoms with van der Waals surface area (Å²) in [4.78, 5) is 5.23. The van der Waals surface area contributed by atoms with Crippen LogP contribution in [0.1, 0.15) is 57.6 Å². The summed E-state index contributed by atoms with van der Waals surface area (Å²) in [7, 11) is -1.21. The first-order chi connectivity index (χ1) is 18.2. The molecule has 3 rings (SSSR count). The number of halogens is 2. The highest BCUT2D eigenvalue weighted by molar-refractivity contribution is 7.80. The molecule has 0 fully saturated rings. The number of hydrogen-bond acceptors (Lipinski definition) is 5. The molecule has 3 aromatic rings. The van der Waals surface area contributed by atoms with Crippen LogP contribution in [0.25, 0.3) is 11.0 Å². The van der Waals surface area contributed by atoms with Gasteiger partial charge in [0.1, 0.15) is 18.1 Å². The lowest BCUT2D eigenvalue weighted by Gasteiger charge is -2.21. The molecule has 0 aliphatic carbocycles. The monoisotopic (exact) mass is 576 g/mol. The Morgan fingerprint density at radius 1 is 1.18 bits per heavy atom. The Kier molecular flexibility index (Phi) is 10.4. The van der Waals surface area contributed by atoms with Gasteiger partial charge in [-0.25, -0.2) is 13.8 Å². The molecule has 0 amide bonds. The van der Waals surface area contributed by atoms with Gasteiger partial charge in [0.15, 0.2) is 17.4 Å². The van der Waals surface area contributed by atoms with E-state index in [1.54, 1.807) is 12.3 Å². The van der Waals surface area contributed by atoms with Crippen molar-refractivity contribution in [2.24, 2.45) is 5.41 Å². The van der Waals surface area contributed by atoms with E-state index in [9.17, 15) is 5.11 Å². The minimum atomic E-state index is -1.21. The van der Waals surface area contributed by atoms with E-state index in [2.05, 4.69) is 38.5 Å². The summed E-state index contributed by atoms with van der Waals surface area (Å²) in [6, 6.07) is 5.25. The summed E-state index contributed by atoms with van der Waals surface area (Å²) in [5.41, 5.74) is 1.82. The smallest absolute Gasteiger partial charge is 0.198 e. The molecular weight excluding hydrogens is 534 g/mol. The van der Waals surface area contributed by atoms with Crippen LogP contribution in [0.5, 0.6) is 11.5 Å². The summed E-state index contributed by atoms with van der Waals surface area (Å²) in [6.07, 6.45) is 5.14. The first-order valence-corrected chi connectivity index (χ1v) is 17.7. The molecular formula is C30H42F2N2O3SSi. The molecule has 0 radical (unpaired) electrons. The van der Waals surface area contributed by atoms with Crippen LogP contribution in [0.4, 0.5) is 8.78 Å². The number of hydrogen-bond donors (Lipinski definition) is 1. The Bertz CT molecular complexity index is 1280.